The first-order valence-electron chi connectivity index (χ1n) is 16.3. The van der Waals surface area contributed by atoms with Crippen LogP contribution in [-0.2, 0) is 16.0 Å². The minimum atomic E-state index is -0.175. The summed E-state index contributed by atoms with van der Waals surface area (Å²) in [6.45, 7) is 27.2. The summed E-state index contributed by atoms with van der Waals surface area (Å²) >= 11 is 0. The number of Topliss-reactive ketones (excluding diaryl/α,β-unsaturated/α-hetero) is 1. The molecular formula is C39H56O4. The van der Waals surface area contributed by atoms with Crippen molar-refractivity contribution in [2.75, 3.05) is 19.8 Å². The summed E-state index contributed by atoms with van der Waals surface area (Å²) in [5.41, 5.74) is 5.18. The number of hydrogen-bond donors (Lipinski definition) is 0. The predicted molar refractivity (Wildman–Crippen MR) is 180 cm³/mol. The highest BCUT2D eigenvalue weighted by Crippen LogP contribution is 2.52. The molecule has 4 heteroatoms. The van der Waals surface area contributed by atoms with Gasteiger partial charge in [-0.3, -0.25) is 4.79 Å². The normalized spacial score (nSPS) is 19.7. The van der Waals surface area contributed by atoms with Gasteiger partial charge in [0.25, 0.3) is 0 Å². The Bertz CT molecular complexity index is 1210. The molecule has 1 aliphatic rings. The van der Waals surface area contributed by atoms with Gasteiger partial charge in [0.15, 0.2) is 0 Å². The molecule has 0 heterocycles. The molecule has 0 spiro atoms. The van der Waals surface area contributed by atoms with E-state index in [1.165, 1.54) is 5.56 Å². The molecule has 3 rings (SSSR count). The molecule has 0 radical (unpaired) electrons. The summed E-state index contributed by atoms with van der Waals surface area (Å²) in [6, 6.07) is 14.9. The van der Waals surface area contributed by atoms with Gasteiger partial charge in [0.05, 0.1) is 24.9 Å². The summed E-state index contributed by atoms with van der Waals surface area (Å²) < 4.78 is 18.1. The summed E-state index contributed by atoms with van der Waals surface area (Å²) in [6.07, 6.45) is 5.22. The van der Waals surface area contributed by atoms with Crippen molar-refractivity contribution in [3.05, 3.63) is 77.9 Å². The standard InChI is InChI=1S/C39H56O4/c1-11-41-32-24-39(25-32,28(6)7)26-34(40)33(19-20-38(9,10)23-30-17-15-14-16-18-30)29(8)31-21-35(42-12-2)37(27(4)5)36(22-31)43-13-3/h14-18,21-22,29,32-33H,4,6,11-13,19-20,23-26H2,1-3,5,7-10H3/t29-,32?,33?,39?/m1/s1. The zero-order valence-electron chi connectivity index (χ0n) is 28.2. The van der Waals surface area contributed by atoms with E-state index in [2.05, 4.69) is 83.3 Å². The number of benzene rings is 2. The second-order valence-corrected chi connectivity index (χ2v) is 13.5. The maximum absolute atomic E-state index is 14.4. The van der Waals surface area contributed by atoms with Crippen molar-refractivity contribution >= 4 is 11.4 Å². The van der Waals surface area contributed by atoms with Crippen LogP contribution in [0.25, 0.3) is 5.57 Å². The Morgan fingerprint density at radius 2 is 1.56 bits per heavy atom. The van der Waals surface area contributed by atoms with Crippen LogP contribution in [0.2, 0.25) is 0 Å². The maximum Gasteiger partial charge on any atom is 0.137 e. The van der Waals surface area contributed by atoms with Gasteiger partial charge in [-0.15, -0.1) is 0 Å². The SMILES string of the molecule is C=C(C)c1c(OCC)cc([C@@H](C)C(CCC(C)(C)Cc2ccccc2)C(=O)CC2(C(=C)C)CC(OCC)C2)cc1OCC. The third-order valence-corrected chi connectivity index (χ3v) is 9.37. The lowest BCUT2D eigenvalue weighted by molar-refractivity contribution is -0.131. The maximum atomic E-state index is 14.4. The smallest absolute Gasteiger partial charge is 0.137 e. The molecule has 0 N–H and O–H groups in total. The fourth-order valence-electron chi connectivity index (χ4n) is 6.81. The van der Waals surface area contributed by atoms with Crippen LogP contribution in [0.3, 0.4) is 0 Å². The van der Waals surface area contributed by atoms with Gasteiger partial charge in [0.1, 0.15) is 17.3 Å². The molecule has 236 valence electrons. The first-order valence-corrected chi connectivity index (χ1v) is 16.3. The van der Waals surface area contributed by atoms with Gasteiger partial charge in [-0.2, -0.15) is 0 Å². The number of carbonyl (C=O) groups is 1. The van der Waals surface area contributed by atoms with Crippen molar-refractivity contribution in [2.45, 2.75) is 106 Å². The Morgan fingerprint density at radius 1 is 0.977 bits per heavy atom. The zero-order chi connectivity index (χ0) is 31.8. The van der Waals surface area contributed by atoms with Crippen LogP contribution in [0.5, 0.6) is 11.5 Å². The minimum absolute atomic E-state index is 0.0115. The van der Waals surface area contributed by atoms with Gasteiger partial charge >= 0.3 is 0 Å². The van der Waals surface area contributed by atoms with E-state index in [4.69, 9.17) is 14.2 Å². The first kappa shape index (κ1) is 34.6. The average molecular weight is 589 g/mol. The Morgan fingerprint density at radius 3 is 2.05 bits per heavy atom. The molecule has 4 nitrogen and oxygen atoms in total. The average Bonchev–Trinajstić information content (AvgIpc) is 2.91. The molecule has 1 saturated carbocycles. The molecule has 0 saturated heterocycles. The van der Waals surface area contributed by atoms with Gasteiger partial charge < -0.3 is 14.2 Å². The first-order chi connectivity index (χ1) is 20.4. The molecule has 1 fully saturated rings. The number of ketones is 1. The summed E-state index contributed by atoms with van der Waals surface area (Å²) in [4.78, 5) is 14.4. The van der Waals surface area contributed by atoms with E-state index in [0.717, 1.165) is 65.9 Å². The van der Waals surface area contributed by atoms with Crippen LogP contribution < -0.4 is 9.47 Å². The van der Waals surface area contributed by atoms with Crippen LogP contribution in [0, 0.1) is 16.7 Å². The molecule has 0 aliphatic heterocycles. The Hall–Kier alpha value is -2.85. The van der Waals surface area contributed by atoms with Gasteiger partial charge in [0.2, 0.25) is 0 Å². The van der Waals surface area contributed by atoms with Crippen molar-refractivity contribution in [1.29, 1.82) is 0 Å². The lowest BCUT2D eigenvalue weighted by Gasteiger charge is -2.48. The molecule has 0 bridgehead atoms. The van der Waals surface area contributed by atoms with Crippen molar-refractivity contribution < 1.29 is 19.0 Å². The van der Waals surface area contributed by atoms with Crippen molar-refractivity contribution in [3.63, 3.8) is 0 Å². The molecule has 2 atom stereocenters. The minimum Gasteiger partial charge on any atom is -0.493 e. The third kappa shape index (κ3) is 8.85. The summed E-state index contributed by atoms with van der Waals surface area (Å²) in [5.74, 6) is 1.71. The number of carbonyl (C=O) groups excluding carboxylic acids is 1. The van der Waals surface area contributed by atoms with Gasteiger partial charge in [-0.05, 0) is 107 Å². The Balaban J connectivity index is 1.97. The van der Waals surface area contributed by atoms with Crippen molar-refractivity contribution in [2.24, 2.45) is 16.7 Å². The lowest BCUT2D eigenvalue weighted by Crippen LogP contribution is -2.45. The molecule has 1 unspecified atom stereocenters. The van der Waals surface area contributed by atoms with E-state index in [0.29, 0.717) is 32.0 Å². The fourth-order valence-corrected chi connectivity index (χ4v) is 6.81. The molecule has 0 aromatic heterocycles. The fraction of sp³-hybridized carbons (Fsp3) is 0.564. The van der Waals surface area contributed by atoms with Gasteiger partial charge in [-0.1, -0.05) is 69.8 Å². The molecule has 43 heavy (non-hydrogen) atoms. The van der Waals surface area contributed by atoms with Crippen molar-refractivity contribution in [1.82, 2.24) is 0 Å². The van der Waals surface area contributed by atoms with E-state index in [9.17, 15) is 4.79 Å². The highest BCUT2D eigenvalue weighted by molar-refractivity contribution is 5.83. The number of rotatable bonds is 18. The molecule has 2 aromatic rings. The molecule has 1 aliphatic carbocycles. The third-order valence-electron chi connectivity index (χ3n) is 9.37. The van der Waals surface area contributed by atoms with E-state index in [1.807, 2.05) is 27.7 Å². The second kappa shape index (κ2) is 15.2. The van der Waals surface area contributed by atoms with Crippen LogP contribution >= 0.6 is 0 Å². The summed E-state index contributed by atoms with van der Waals surface area (Å²) in [7, 11) is 0. The quantitative estimate of drug-likeness (QED) is 0.163. The van der Waals surface area contributed by atoms with E-state index < -0.39 is 0 Å². The largest absolute Gasteiger partial charge is 0.493 e. The van der Waals surface area contributed by atoms with Crippen LogP contribution in [0.4, 0.5) is 0 Å². The van der Waals surface area contributed by atoms with E-state index >= 15 is 0 Å². The van der Waals surface area contributed by atoms with Gasteiger partial charge in [-0.25, -0.2) is 0 Å². The lowest BCUT2D eigenvalue weighted by atomic mass is 9.59. The summed E-state index contributed by atoms with van der Waals surface area (Å²) in [5, 5.41) is 0. The van der Waals surface area contributed by atoms with E-state index in [-0.39, 0.29) is 28.8 Å². The number of allylic oxidation sites excluding steroid dienone is 2. The van der Waals surface area contributed by atoms with Crippen LogP contribution in [-0.4, -0.2) is 31.7 Å². The monoisotopic (exact) mass is 588 g/mol. The molecule has 2 aromatic carbocycles. The Labute approximate surface area is 261 Å². The molecule has 0 amide bonds. The van der Waals surface area contributed by atoms with Crippen LogP contribution in [0.15, 0.2) is 61.2 Å². The zero-order valence-corrected chi connectivity index (χ0v) is 28.2. The molecular weight excluding hydrogens is 532 g/mol. The highest BCUT2D eigenvalue weighted by atomic mass is 16.5. The number of hydrogen-bond acceptors (Lipinski definition) is 4. The van der Waals surface area contributed by atoms with Crippen molar-refractivity contribution in [3.8, 4) is 11.5 Å². The second-order valence-electron chi connectivity index (χ2n) is 13.5. The van der Waals surface area contributed by atoms with Crippen LogP contribution in [0.1, 0.15) is 110 Å². The topological polar surface area (TPSA) is 44.8 Å². The highest BCUT2D eigenvalue weighted by Gasteiger charge is 2.48. The number of ether oxygens (including phenoxy) is 3. The van der Waals surface area contributed by atoms with Gasteiger partial charge in [0, 0.05) is 24.4 Å². The Kier molecular flexibility index (Phi) is 12.3. The van der Waals surface area contributed by atoms with E-state index in [1.54, 1.807) is 0 Å². The predicted octanol–water partition coefficient (Wildman–Crippen LogP) is 10.0.